The van der Waals surface area contributed by atoms with Crippen molar-refractivity contribution in [1.82, 2.24) is 0 Å². The third kappa shape index (κ3) is 15.1. The number of carbonyl (C=O) groups is 1. The van der Waals surface area contributed by atoms with Crippen molar-refractivity contribution in [2.75, 3.05) is 19.6 Å². The van der Waals surface area contributed by atoms with Gasteiger partial charge in [-0.25, -0.2) is 9.09 Å². The number of quaternary nitrogens is 1. The Morgan fingerprint density at radius 3 is 1.50 bits per heavy atom. The van der Waals surface area contributed by atoms with E-state index in [1.54, 1.807) is 6.92 Å². The van der Waals surface area contributed by atoms with E-state index in [-0.39, 0.29) is 12.4 Å². The lowest BCUT2D eigenvalue weighted by Gasteiger charge is -2.50. The molecule has 0 spiro atoms. The number of phosphoric acid groups is 1. The van der Waals surface area contributed by atoms with Crippen molar-refractivity contribution >= 4 is 13.8 Å². The van der Waals surface area contributed by atoms with Gasteiger partial charge in [0.1, 0.15) is 6.10 Å². The van der Waals surface area contributed by atoms with Crippen LogP contribution in [-0.2, 0) is 18.6 Å². The molecular weight excluding hydrogens is 477 g/mol. The summed E-state index contributed by atoms with van der Waals surface area (Å²) in [4.78, 5) is 31.2. The highest BCUT2D eigenvalue weighted by atomic mass is 31.2. The Morgan fingerprint density at radius 1 is 0.778 bits per heavy atom. The number of esters is 1. The molecule has 0 rings (SSSR count). The van der Waals surface area contributed by atoms with Crippen LogP contribution < -0.4 is 0 Å². The predicted molar refractivity (Wildman–Crippen MR) is 149 cm³/mol. The van der Waals surface area contributed by atoms with E-state index in [1.807, 2.05) is 20.8 Å². The van der Waals surface area contributed by atoms with Gasteiger partial charge >= 0.3 is 13.8 Å². The van der Waals surface area contributed by atoms with Crippen LogP contribution in [0, 0.1) is 0 Å². The monoisotopic (exact) mass is 536 g/mol. The van der Waals surface area contributed by atoms with Crippen LogP contribution in [0.15, 0.2) is 0 Å². The van der Waals surface area contributed by atoms with Crippen molar-refractivity contribution in [3.63, 3.8) is 0 Å². The van der Waals surface area contributed by atoms with Crippen LogP contribution in [0.2, 0.25) is 0 Å². The highest BCUT2D eigenvalue weighted by Gasteiger charge is 2.51. The lowest BCUT2D eigenvalue weighted by atomic mass is 9.97. The quantitative estimate of drug-likeness (QED) is 0.0428. The number of phosphoric ester groups is 1. The van der Waals surface area contributed by atoms with Crippen molar-refractivity contribution < 1.29 is 32.9 Å². The lowest BCUT2D eigenvalue weighted by molar-refractivity contribution is -0.991. The number of unbranched alkanes of at least 4 members (excludes halogenated alkanes) is 13. The van der Waals surface area contributed by atoms with Gasteiger partial charge in [-0.05, 0) is 33.6 Å². The summed E-state index contributed by atoms with van der Waals surface area (Å²) in [5.41, 5.74) is -1.16. The summed E-state index contributed by atoms with van der Waals surface area (Å²) in [5.74, 6) is -0.369. The minimum absolute atomic E-state index is 0.256. The van der Waals surface area contributed by atoms with Gasteiger partial charge in [0, 0.05) is 13.8 Å². The van der Waals surface area contributed by atoms with Gasteiger partial charge < -0.3 is 14.5 Å². The molecule has 0 fully saturated rings. The third-order valence-corrected chi connectivity index (χ3v) is 8.58. The van der Waals surface area contributed by atoms with Crippen molar-refractivity contribution in [3.8, 4) is 0 Å². The summed E-state index contributed by atoms with van der Waals surface area (Å²) in [7, 11) is -4.73. The fraction of sp³-hybridized carbons (Fsp3) is 0.964. The van der Waals surface area contributed by atoms with E-state index in [0.29, 0.717) is 30.5 Å². The molecule has 0 aromatic heterocycles. The van der Waals surface area contributed by atoms with E-state index in [9.17, 15) is 19.1 Å². The molecule has 0 heterocycles. The lowest BCUT2D eigenvalue weighted by Crippen LogP contribution is -2.64. The molecule has 0 aliphatic carbocycles. The second-order valence-electron chi connectivity index (χ2n) is 10.7. The summed E-state index contributed by atoms with van der Waals surface area (Å²) >= 11 is 0. The molecule has 216 valence electrons. The molecule has 0 amide bonds. The van der Waals surface area contributed by atoms with Crippen molar-refractivity contribution in [2.45, 2.75) is 156 Å². The molecule has 0 saturated carbocycles. The first-order valence-electron chi connectivity index (χ1n) is 14.8. The zero-order valence-corrected chi connectivity index (χ0v) is 25.3. The smallest absolute Gasteiger partial charge is 0.462 e. The van der Waals surface area contributed by atoms with E-state index in [4.69, 9.17) is 9.26 Å². The first-order valence-corrected chi connectivity index (χ1v) is 16.3. The Bertz CT molecular complexity index is 599. The van der Waals surface area contributed by atoms with Gasteiger partial charge in [-0.15, -0.1) is 0 Å². The van der Waals surface area contributed by atoms with E-state index >= 15 is 0 Å². The van der Waals surface area contributed by atoms with E-state index in [2.05, 4.69) is 6.92 Å². The standard InChI is InChI=1S/C28H58NO6P/c1-7-11-12-13-14-15-16-17-18-19-20-21-22-23-24-27(34-26(5)30)25-28(6,35-36(31,32)33)29(8-2,9-3)10-4/h27H,7-25H2,1-6H3,(H-,31,32,33)/p+1. The second kappa shape index (κ2) is 19.6. The summed E-state index contributed by atoms with van der Waals surface area (Å²) in [6.07, 6.45) is 18.4. The van der Waals surface area contributed by atoms with Crippen LogP contribution in [0.25, 0.3) is 0 Å². The van der Waals surface area contributed by atoms with E-state index < -0.39 is 19.7 Å². The van der Waals surface area contributed by atoms with Crippen LogP contribution >= 0.6 is 7.82 Å². The molecule has 0 radical (unpaired) electrons. The highest BCUT2D eigenvalue weighted by Crippen LogP contribution is 2.47. The van der Waals surface area contributed by atoms with Crippen molar-refractivity contribution in [3.05, 3.63) is 0 Å². The van der Waals surface area contributed by atoms with Gasteiger partial charge in [0.15, 0.2) is 0 Å². The molecule has 2 unspecified atom stereocenters. The number of carbonyl (C=O) groups excluding carboxylic acids is 1. The van der Waals surface area contributed by atoms with E-state index in [0.717, 1.165) is 12.8 Å². The molecule has 2 atom stereocenters. The molecule has 0 bridgehead atoms. The first kappa shape index (κ1) is 35.5. The maximum absolute atomic E-state index is 11.9. The van der Waals surface area contributed by atoms with Gasteiger partial charge in [-0.2, -0.15) is 0 Å². The number of hydrogen-bond donors (Lipinski definition) is 2. The fourth-order valence-electron chi connectivity index (χ4n) is 5.67. The average Bonchev–Trinajstić information content (AvgIpc) is 2.79. The molecule has 36 heavy (non-hydrogen) atoms. The van der Waals surface area contributed by atoms with Crippen LogP contribution in [0.4, 0.5) is 0 Å². The SMILES string of the molecule is CCCCCCCCCCCCCCCCC(CC(C)(OP(=O)(O)O)[N+](CC)(CC)CC)OC(C)=O. The molecule has 0 aromatic rings. The van der Waals surface area contributed by atoms with Crippen LogP contribution in [-0.4, -0.2) is 51.7 Å². The zero-order chi connectivity index (χ0) is 27.5. The molecule has 7 nitrogen and oxygen atoms in total. The molecular formula is C28H59NO6P+. The van der Waals surface area contributed by atoms with Gasteiger partial charge in [-0.1, -0.05) is 90.4 Å². The summed E-state index contributed by atoms with van der Waals surface area (Å²) in [5, 5.41) is 0. The Labute approximate surface area is 222 Å². The summed E-state index contributed by atoms with van der Waals surface area (Å²) < 4.78 is 23.3. The maximum atomic E-state index is 11.9. The number of hydrogen-bond acceptors (Lipinski definition) is 4. The van der Waals surface area contributed by atoms with Crippen molar-refractivity contribution in [1.29, 1.82) is 0 Å². The van der Waals surface area contributed by atoms with Crippen molar-refractivity contribution in [2.24, 2.45) is 0 Å². The van der Waals surface area contributed by atoms with Crippen LogP contribution in [0.1, 0.15) is 144 Å². The molecule has 0 saturated heterocycles. The molecule has 2 N–H and O–H groups in total. The Hall–Kier alpha value is -0.460. The van der Waals surface area contributed by atoms with Gasteiger partial charge in [0.05, 0.1) is 26.1 Å². The topological polar surface area (TPSA) is 93.1 Å². The van der Waals surface area contributed by atoms with Crippen LogP contribution in [0.5, 0.6) is 0 Å². The summed E-state index contributed by atoms with van der Waals surface area (Å²) in [6.45, 7) is 13.4. The Morgan fingerprint density at radius 2 is 1.17 bits per heavy atom. The molecule has 8 heteroatoms. The van der Waals surface area contributed by atoms with Gasteiger partial charge in [-0.3, -0.25) is 9.28 Å². The first-order chi connectivity index (χ1) is 17.0. The number of nitrogens with zero attached hydrogens (tertiary/aromatic N) is 1. The fourth-order valence-corrected chi connectivity index (χ4v) is 6.43. The van der Waals surface area contributed by atoms with Gasteiger partial charge in [0.2, 0.25) is 5.72 Å². The zero-order valence-electron chi connectivity index (χ0n) is 24.4. The minimum atomic E-state index is -4.73. The molecule has 0 aliphatic heterocycles. The predicted octanol–water partition coefficient (Wildman–Crippen LogP) is 7.88. The average molecular weight is 537 g/mol. The highest BCUT2D eigenvalue weighted by molar-refractivity contribution is 7.46. The second-order valence-corrected chi connectivity index (χ2v) is 11.8. The number of ether oxygens (including phenoxy) is 1. The normalized spacial score (nSPS) is 15.0. The molecule has 0 aromatic carbocycles. The van der Waals surface area contributed by atoms with Crippen LogP contribution in [0.3, 0.4) is 0 Å². The largest absolute Gasteiger partial charge is 0.474 e. The Kier molecular flexibility index (Phi) is 19.3. The third-order valence-electron chi connectivity index (χ3n) is 7.95. The minimum Gasteiger partial charge on any atom is -0.462 e. The van der Waals surface area contributed by atoms with Gasteiger partial charge in [0.25, 0.3) is 0 Å². The number of rotatable bonds is 24. The maximum Gasteiger partial charge on any atom is 0.474 e. The van der Waals surface area contributed by atoms with E-state index in [1.165, 1.54) is 84.0 Å². The summed E-state index contributed by atoms with van der Waals surface area (Å²) in [6, 6.07) is 0. The Balaban J connectivity index is 4.59. The molecule has 0 aliphatic rings.